The fourth-order valence-electron chi connectivity index (χ4n) is 4.96. The highest BCUT2D eigenvalue weighted by Crippen LogP contribution is 2.48. The van der Waals surface area contributed by atoms with Gasteiger partial charge in [0.1, 0.15) is 11.0 Å². The number of H-pyrrole nitrogens is 1. The number of carbonyl (C=O) groups is 2. The molecule has 1 aromatic heterocycles. The van der Waals surface area contributed by atoms with E-state index in [4.69, 9.17) is 11.6 Å². The number of carboxylic acid groups (broad SMARTS) is 1. The maximum absolute atomic E-state index is 13.4. The van der Waals surface area contributed by atoms with Gasteiger partial charge in [0.25, 0.3) is 5.91 Å². The number of aromatic amines is 1. The third-order valence-corrected chi connectivity index (χ3v) is 7.16. The van der Waals surface area contributed by atoms with E-state index in [9.17, 15) is 14.7 Å². The summed E-state index contributed by atoms with van der Waals surface area (Å²) < 4.78 is 0. The normalized spacial score (nSPS) is 20.1. The van der Waals surface area contributed by atoms with Crippen molar-refractivity contribution in [2.45, 2.75) is 25.3 Å². The van der Waals surface area contributed by atoms with Crippen molar-refractivity contribution in [3.63, 3.8) is 0 Å². The van der Waals surface area contributed by atoms with Crippen LogP contribution in [0.1, 0.15) is 28.8 Å². The lowest BCUT2D eigenvalue weighted by Crippen LogP contribution is -2.69. The molecule has 0 bridgehead atoms. The van der Waals surface area contributed by atoms with E-state index in [1.165, 1.54) is 4.90 Å². The predicted molar refractivity (Wildman–Crippen MR) is 115 cm³/mol. The van der Waals surface area contributed by atoms with Crippen molar-refractivity contribution in [2.24, 2.45) is 5.41 Å². The van der Waals surface area contributed by atoms with Gasteiger partial charge in [-0.3, -0.25) is 4.79 Å². The van der Waals surface area contributed by atoms with Gasteiger partial charge in [0.15, 0.2) is 0 Å². The molecular weight excluding hydrogens is 418 g/mol. The summed E-state index contributed by atoms with van der Waals surface area (Å²) in [6.07, 6.45) is 1.23. The van der Waals surface area contributed by atoms with Gasteiger partial charge in [0.2, 0.25) is 0 Å². The number of carbonyl (C=O) groups excluding carboxylic acids is 1. The molecule has 5 rings (SSSR count). The Bertz CT molecular complexity index is 1150. The monoisotopic (exact) mass is 439 g/mol. The van der Waals surface area contributed by atoms with Gasteiger partial charge in [-0.25, -0.2) is 4.79 Å². The molecule has 1 unspecified atom stereocenters. The lowest BCUT2D eigenvalue weighted by atomic mass is 9.63. The molecule has 1 spiro atoms. The highest BCUT2D eigenvalue weighted by molar-refractivity contribution is 6.31. The number of hydrogen-bond donors (Lipinski definition) is 2. The number of amides is 2. The van der Waals surface area contributed by atoms with E-state index in [-0.39, 0.29) is 17.4 Å². The lowest BCUT2D eigenvalue weighted by Gasteiger charge is -2.60. The van der Waals surface area contributed by atoms with Crippen LogP contribution in [0.4, 0.5) is 4.79 Å². The van der Waals surface area contributed by atoms with E-state index in [0.29, 0.717) is 47.7 Å². The maximum atomic E-state index is 13.4. The molecule has 0 radical (unpaired) electrons. The highest BCUT2D eigenvalue weighted by atomic mass is 35.5. The van der Waals surface area contributed by atoms with Crippen LogP contribution < -0.4 is 0 Å². The molecule has 2 aliphatic rings. The molecule has 2 aromatic carbocycles. The largest absolute Gasteiger partial charge is 0.465 e. The van der Waals surface area contributed by atoms with Gasteiger partial charge in [0, 0.05) is 41.7 Å². The van der Waals surface area contributed by atoms with Crippen LogP contribution in [0.2, 0.25) is 5.02 Å². The van der Waals surface area contributed by atoms with E-state index < -0.39 is 6.09 Å². The van der Waals surface area contributed by atoms with Crippen LogP contribution in [0.25, 0.3) is 11.0 Å². The van der Waals surface area contributed by atoms with Gasteiger partial charge >= 0.3 is 6.09 Å². The molecule has 3 aromatic rings. The molecule has 1 atom stereocenters. The fraction of sp³-hybridized carbons (Fsp3) is 0.364. The van der Waals surface area contributed by atoms with Crippen molar-refractivity contribution in [2.75, 3.05) is 19.6 Å². The Labute approximate surface area is 183 Å². The van der Waals surface area contributed by atoms with Crippen LogP contribution in [-0.4, -0.2) is 68.0 Å². The molecular formula is C22H22ClN5O3. The van der Waals surface area contributed by atoms with Gasteiger partial charge in [-0.05, 0) is 49.1 Å². The number of halogens is 1. The fourth-order valence-corrected chi connectivity index (χ4v) is 5.17. The van der Waals surface area contributed by atoms with E-state index in [1.54, 1.807) is 18.2 Å². The first-order valence-corrected chi connectivity index (χ1v) is 10.7. The molecule has 2 aliphatic heterocycles. The number of nitrogens with one attached hydrogen (secondary N) is 1. The van der Waals surface area contributed by atoms with E-state index in [0.717, 1.165) is 18.4 Å². The summed E-state index contributed by atoms with van der Waals surface area (Å²) in [5.74, 6) is -0.0479. The standard InChI is InChI=1S/C22H22ClN5O3/c23-16-4-2-1-3-14(16)12-19-22(7-9-27(10-8-22)21(30)31)13-28(19)20(29)15-5-6-17-18(11-15)25-26-24-17/h1-6,11,19H,7-10,12-13H2,(H,30,31)(H,24,25,26). The molecule has 2 amide bonds. The number of nitrogens with zero attached hydrogens (tertiary/aromatic N) is 4. The number of piperidine rings is 1. The third kappa shape index (κ3) is 3.40. The second-order valence-corrected chi connectivity index (χ2v) is 8.81. The van der Waals surface area contributed by atoms with Crippen molar-refractivity contribution in [1.29, 1.82) is 0 Å². The molecule has 0 saturated carbocycles. The van der Waals surface area contributed by atoms with Crippen molar-refractivity contribution < 1.29 is 14.7 Å². The number of likely N-dealkylation sites (tertiary alicyclic amines) is 2. The number of benzene rings is 2. The molecule has 2 fully saturated rings. The zero-order valence-electron chi connectivity index (χ0n) is 16.8. The number of fused-ring (bicyclic) bond motifs is 1. The zero-order chi connectivity index (χ0) is 21.6. The Morgan fingerprint density at radius 2 is 1.87 bits per heavy atom. The molecule has 3 heterocycles. The average Bonchev–Trinajstić information content (AvgIpc) is 3.24. The smallest absolute Gasteiger partial charge is 0.407 e. The SMILES string of the molecule is O=C(O)N1CCC2(CC1)CN(C(=O)c1ccc3n[nH]nc3c1)C2Cc1ccccc1Cl. The van der Waals surface area contributed by atoms with Gasteiger partial charge in [-0.15, -0.1) is 0 Å². The lowest BCUT2D eigenvalue weighted by molar-refractivity contribution is -0.0834. The van der Waals surface area contributed by atoms with Gasteiger partial charge in [-0.1, -0.05) is 29.8 Å². The minimum absolute atomic E-state index is 0.0381. The van der Waals surface area contributed by atoms with Crippen LogP contribution in [0.5, 0.6) is 0 Å². The van der Waals surface area contributed by atoms with E-state index in [1.807, 2.05) is 29.2 Å². The Morgan fingerprint density at radius 1 is 1.13 bits per heavy atom. The molecule has 0 aliphatic carbocycles. The summed E-state index contributed by atoms with van der Waals surface area (Å²) in [5, 5.41) is 20.7. The van der Waals surface area contributed by atoms with Gasteiger partial charge in [-0.2, -0.15) is 15.4 Å². The highest BCUT2D eigenvalue weighted by Gasteiger charge is 2.55. The van der Waals surface area contributed by atoms with E-state index in [2.05, 4.69) is 15.4 Å². The Kier molecular flexibility index (Phi) is 4.81. The minimum Gasteiger partial charge on any atom is -0.465 e. The number of rotatable bonds is 3. The summed E-state index contributed by atoms with van der Waals surface area (Å²) in [6, 6.07) is 13.0. The molecule has 31 heavy (non-hydrogen) atoms. The quantitative estimate of drug-likeness (QED) is 0.650. The van der Waals surface area contributed by atoms with Gasteiger partial charge in [0.05, 0.1) is 0 Å². The second kappa shape index (κ2) is 7.53. The zero-order valence-corrected chi connectivity index (χ0v) is 17.5. The summed E-state index contributed by atoms with van der Waals surface area (Å²) >= 11 is 6.43. The Hall–Kier alpha value is -3.13. The van der Waals surface area contributed by atoms with E-state index >= 15 is 0 Å². The van der Waals surface area contributed by atoms with Crippen LogP contribution in [0.15, 0.2) is 42.5 Å². The first kappa shape index (κ1) is 19.8. The summed E-state index contributed by atoms with van der Waals surface area (Å²) in [4.78, 5) is 28.1. The molecule has 8 nitrogen and oxygen atoms in total. The summed E-state index contributed by atoms with van der Waals surface area (Å²) in [5.41, 5.74) is 2.84. The summed E-state index contributed by atoms with van der Waals surface area (Å²) in [6.45, 7) is 1.59. The Balaban J connectivity index is 1.43. The predicted octanol–water partition coefficient (Wildman–Crippen LogP) is 3.44. The molecule has 160 valence electrons. The van der Waals surface area contributed by atoms with Crippen molar-refractivity contribution >= 4 is 34.6 Å². The molecule has 2 saturated heterocycles. The minimum atomic E-state index is -0.884. The topological polar surface area (TPSA) is 102 Å². The van der Waals surface area contributed by atoms with Crippen LogP contribution in [-0.2, 0) is 6.42 Å². The van der Waals surface area contributed by atoms with Crippen LogP contribution in [0, 0.1) is 5.41 Å². The van der Waals surface area contributed by atoms with Crippen molar-refractivity contribution in [1.82, 2.24) is 25.2 Å². The second-order valence-electron chi connectivity index (χ2n) is 8.40. The van der Waals surface area contributed by atoms with Crippen molar-refractivity contribution in [3.05, 3.63) is 58.6 Å². The summed E-state index contributed by atoms with van der Waals surface area (Å²) in [7, 11) is 0. The third-order valence-electron chi connectivity index (χ3n) is 6.79. The Morgan fingerprint density at radius 3 is 2.61 bits per heavy atom. The number of aromatic nitrogens is 3. The first-order chi connectivity index (χ1) is 15.0. The average molecular weight is 440 g/mol. The van der Waals surface area contributed by atoms with Crippen molar-refractivity contribution in [3.8, 4) is 0 Å². The van der Waals surface area contributed by atoms with Gasteiger partial charge < -0.3 is 14.9 Å². The first-order valence-electron chi connectivity index (χ1n) is 10.3. The molecule has 2 N–H and O–H groups in total. The van der Waals surface area contributed by atoms with Crippen LogP contribution in [0.3, 0.4) is 0 Å². The molecule has 9 heteroatoms. The number of hydrogen-bond acceptors (Lipinski definition) is 4. The maximum Gasteiger partial charge on any atom is 0.407 e. The van der Waals surface area contributed by atoms with Crippen LogP contribution >= 0.6 is 11.6 Å².